The smallest absolute Gasteiger partial charge is 0.0754 e. The van der Waals surface area contributed by atoms with Crippen LogP contribution >= 0.6 is 0 Å². The highest BCUT2D eigenvalue weighted by Gasteiger charge is 2.51. The van der Waals surface area contributed by atoms with Gasteiger partial charge in [-0.05, 0) is 130 Å². The van der Waals surface area contributed by atoms with E-state index in [1.807, 2.05) is 0 Å². The minimum Gasteiger partial charge on any atom is -0.310 e. The molecule has 2 nitrogen and oxygen atoms in total. The lowest BCUT2D eigenvalue weighted by atomic mass is 9.64. The molecule has 12 aromatic rings. The second-order valence-corrected chi connectivity index (χ2v) is 18.1. The highest BCUT2D eigenvalue weighted by atomic mass is 15.2. The third-order valence-corrected chi connectivity index (χ3v) is 14.7. The first-order chi connectivity index (χ1) is 33.8. The number of pyridine rings is 1. The molecule has 0 saturated carbocycles. The molecule has 14 rings (SSSR count). The maximum atomic E-state index is 5.27. The molecule has 316 valence electrons. The molecule has 68 heavy (non-hydrogen) atoms. The average molecular weight is 863 g/mol. The SMILES string of the molecule is c1ccc(N2c3ccccc3C3(c4ccccc4-c4cc(-c5ccc(-c6c7ccccc7c(-c7ccc(-c8cccc9ccccc89)cc7)c7ccccc67)cn5)ccc43)c3ccccc32)cc1. The molecule has 2 heteroatoms. The Morgan fingerprint density at radius 3 is 1.46 bits per heavy atom. The summed E-state index contributed by atoms with van der Waals surface area (Å²) >= 11 is 0. The van der Waals surface area contributed by atoms with Gasteiger partial charge >= 0.3 is 0 Å². The van der Waals surface area contributed by atoms with Gasteiger partial charge in [0, 0.05) is 23.0 Å². The maximum Gasteiger partial charge on any atom is 0.0754 e. The van der Waals surface area contributed by atoms with Crippen LogP contribution in [-0.2, 0) is 5.41 Å². The largest absolute Gasteiger partial charge is 0.310 e. The fraction of sp³-hybridized carbons (Fsp3) is 0.0152. The molecule has 1 aromatic heterocycles. The summed E-state index contributed by atoms with van der Waals surface area (Å²) in [4.78, 5) is 7.71. The Labute approximate surface area is 395 Å². The zero-order valence-corrected chi connectivity index (χ0v) is 37.1. The first kappa shape index (κ1) is 38.4. The molecule has 0 bridgehead atoms. The summed E-state index contributed by atoms with van der Waals surface area (Å²) < 4.78 is 0. The van der Waals surface area contributed by atoms with Gasteiger partial charge in [-0.2, -0.15) is 0 Å². The summed E-state index contributed by atoms with van der Waals surface area (Å²) in [6.45, 7) is 0. The van der Waals surface area contributed by atoms with Crippen LogP contribution in [0.5, 0.6) is 0 Å². The van der Waals surface area contributed by atoms with Crippen LogP contribution in [0.4, 0.5) is 17.1 Å². The first-order valence-electron chi connectivity index (χ1n) is 23.5. The second-order valence-electron chi connectivity index (χ2n) is 18.1. The van der Waals surface area contributed by atoms with Gasteiger partial charge in [0.15, 0.2) is 0 Å². The quantitative estimate of drug-likeness (QED) is 0.160. The summed E-state index contributed by atoms with van der Waals surface area (Å²) in [5.74, 6) is 0. The van der Waals surface area contributed by atoms with Crippen molar-refractivity contribution in [2.24, 2.45) is 0 Å². The number of aromatic nitrogens is 1. The lowest BCUT2D eigenvalue weighted by Crippen LogP contribution is -2.36. The van der Waals surface area contributed by atoms with Gasteiger partial charge in [0.05, 0.1) is 22.5 Å². The van der Waals surface area contributed by atoms with Gasteiger partial charge in [0.25, 0.3) is 0 Å². The minimum absolute atomic E-state index is 0.493. The summed E-state index contributed by atoms with van der Waals surface area (Å²) in [6.07, 6.45) is 2.08. The number of rotatable bonds is 5. The van der Waals surface area contributed by atoms with Crippen molar-refractivity contribution in [3.8, 4) is 55.8 Å². The van der Waals surface area contributed by atoms with Gasteiger partial charge in [-0.1, -0.05) is 212 Å². The van der Waals surface area contributed by atoms with E-state index in [0.29, 0.717) is 0 Å². The van der Waals surface area contributed by atoms with Crippen LogP contribution in [0.3, 0.4) is 0 Å². The van der Waals surface area contributed by atoms with E-state index in [2.05, 4.69) is 260 Å². The van der Waals surface area contributed by atoms with Crippen molar-refractivity contribution in [3.63, 3.8) is 0 Å². The van der Waals surface area contributed by atoms with Gasteiger partial charge in [-0.25, -0.2) is 0 Å². The zero-order chi connectivity index (χ0) is 44.8. The fourth-order valence-corrected chi connectivity index (χ4v) is 11.9. The van der Waals surface area contributed by atoms with E-state index in [9.17, 15) is 0 Å². The van der Waals surface area contributed by atoms with Crippen LogP contribution in [-0.4, -0.2) is 4.98 Å². The van der Waals surface area contributed by atoms with Gasteiger partial charge in [-0.3, -0.25) is 4.98 Å². The number of nitrogens with zero attached hydrogens (tertiary/aromatic N) is 2. The van der Waals surface area contributed by atoms with E-state index < -0.39 is 5.41 Å². The van der Waals surface area contributed by atoms with Crippen LogP contribution in [0.1, 0.15) is 22.3 Å². The van der Waals surface area contributed by atoms with Crippen molar-refractivity contribution >= 4 is 49.4 Å². The van der Waals surface area contributed by atoms with Crippen molar-refractivity contribution < 1.29 is 0 Å². The van der Waals surface area contributed by atoms with E-state index in [0.717, 1.165) is 22.5 Å². The van der Waals surface area contributed by atoms with E-state index in [1.54, 1.807) is 0 Å². The van der Waals surface area contributed by atoms with Crippen molar-refractivity contribution in [2.75, 3.05) is 4.90 Å². The van der Waals surface area contributed by atoms with Crippen molar-refractivity contribution in [2.45, 2.75) is 5.41 Å². The number of para-hydroxylation sites is 3. The Morgan fingerprint density at radius 1 is 0.309 bits per heavy atom. The molecule has 0 amide bonds. The molecule has 2 aliphatic rings. The Hall–Kier alpha value is -8.85. The summed E-state index contributed by atoms with van der Waals surface area (Å²) in [7, 11) is 0. The Kier molecular flexibility index (Phi) is 8.53. The monoisotopic (exact) mass is 862 g/mol. The van der Waals surface area contributed by atoms with Gasteiger partial charge < -0.3 is 4.90 Å². The number of anilines is 3. The minimum atomic E-state index is -0.493. The molecule has 1 spiro atoms. The summed E-state index contributed by atoms with van der Waals surface area (Å²) in [5.41, 5.74) is 20.0. The molecular formula is C66H42N2. The van der Waals surface area contributed by atoms with Crippen LogP contribution < -0.4 is 4.90 Å². The topological polar surface area (TPSA) is 16.1 Å². The van der Waals surface area contributed by atoms with E-state index in [1.165, 1.54) is 105 Å². The molecular weight excluding hydrogens is 821 g/mol. The fourth-order valence-electron chi connectivity index (χ4n) is 11.9. The van der Waals surface area contributed by atoms with Crippen LogP contribution in [0.2, 0.25) is 0 Å². The molecule has 1 aliphatic heterocycles. The highest BCUT2D eigenvalue weighted by molar-refractivity contribution is 6.21. The van der Waals surface area contributed by atoms with Crippen LogP contribution in [0, 0.1) is 0 Å². The molecule has 11 aromatic carbocycles. The molecule has 1 aliphatic carbocycles. The van der Waals surface area contributed by atoms with Gasteiger partial charge in [0.1, 0.15) is 0 Å². The lowest BCUT2D eigenvalue weighted by Gasteiger charge is -2.45. The molecule has 0 saturated heterocycles. The predicted molar refractivity (Wildman–Crippen MR) is 284 cm³/mol. The lowest BCUT2D eigenvalue weighted by molar-refractivity contribution is 0.752. The molecule has 2 heterocycles. The summed E-state index contributed by atoms with van der Waals surface area (Å²) in [6, 6.07) is 91.4. The van der Waals surface area contributed by atoms with Crippen LogP contribution in [0.15, 0.2) is 255 Å². The molecule has 0 fully saturated rings. The third-order valence-electron chi connectivity index (χ3n) is 14.7. The number of hydrogen-bond acceptors (Lipinski definition) is 2. The van der Waals surface area contributed by atoms with Crippen LogP contribution in [0.25, 0.3) is 88.1 Å². The molecule has 0 atom stereocenters. The standard InChI is InChI=1S/C66H42N2/c1-2-19-48(20-3-1)68-62-31-14-12-29-59(62)66(60-30-13-15-32-63(60)68)57-28-11-10-22-51(57)56-41-46(37-39-58(56)66)61-40-38-47(42-67-61)65-54-25-8-6-23-52(54)64(53-24-7-9-26-55(53)65)45-35-33-44(34-36-45)50-27-16-18-43-17-4-5-21-49(43)50/h1-42H. The molecule has 0 unspecified atom stereocenters. The second kappa shape index (κ2) is 15.1. The molecule has 0 radical (unpaired) electrons. The summed E-state index contributed by atoms with van der Waals surface area (Å²) in [5, 5.41) is 7.41. The Balaban J connectivity index is 0.878. The maximum absolute atomic E-state index is 5.27. The van der Waals surface area contributed by atoms with E-state index >= 15 is 0 Å². The Bertz CT molecular complexity index is 3850. The third kappa shape index (κ3) is 5.55. The molecule has 0 N–H and O–H groups in total. The van der Waals surface area contributed by atoms with Crippen molar-refractivity contribution in [3.05, 3.63) is 277 Å². The predicted octanol–water partition coefficient (Wildman–Crippen LogP) is 17.4. The van der Waals surface area contributed by atoms with Gasteiger partial charge in [-0.15, -0.1) is 0 Å². The van der Waals surface area contributed by atoms with E-state index in [4.69, 9.17) is 4.98 Å². The average Bonchev–Trinajstić information content (AvgIpc) is 3.70. The number of fused-ring (bicyclic) bond motifs is 12. The van der Waals surface area contributed by atoms with Crippen molar-refractivity contribution in [1.29, 1.82) is 0 Å². The highest BCUT2D eigenvalue weighted by Crippen LogP contribution is 2.63. The Morgan fingerprint density at radius 2 is 0.794 bits per heavy atom. The number of benzene rings is 11. The zero-order valence-electron chi connectivity index (χ0n) is 37.1. The van der Waals surface area contributed by atoms with Gasteiger partial charge in [0.2, 0.25) is 0 Å². The first-order valence-corrected chi connectivity index (χ1v) is 23.5. The number of hydrogen-bond donors (Lipinski definition) is 0. The van der Waals surface area contributed by atoms with Crippen molar-refractivity contribution in [1.82, 2.24) is 4.98 Å². The van der Waals surface area contributed by atoms with E-state index in [-0.39, 0.29) is 0 Å². The normalized spacial score (nSPS) is 13.1.